The van der Waals surface area contributed by atoms with Crippen molar-refractivity contribution in [1.29, 1.82) is 0 Å². The Labute approximate surface area is 101 Å². The lowest BCUT2D eigenvalue weighted by Gasteiger charge is -2.07. The van der Waals surface area contributed by atoms with Crippen LogP contribution < -0.4 is 10.9 Å². The van der Waals surface area contributed by atoms with E-state index in [1.54, 1.807) is 0 Å². The van der Waals surface area contributed by atoms with Crippen molar-refractivity contribution in [3.63, 3.8) is 0 Å². The molecule has 1 unspecified atom stereocenters. The minimum atomic E-state index is -1.56. The van der Waals surface area contributed by atoms with Gasteiger partial charge in [-0.1, -0.05) is 0 Å². The van der Waals surface area contributed by atoms with Crippen molar-refractivity contribution in [2.45, 2.75) is 12.5 Å². The molecule has 8 heteroatoms. The van der Waals surface area contributed by atoms with Gasteiger partial charge in [0.05, 0.1) is 5.56 Å². The van der Waals surface area contributed by atoms with Gasteiger partial charge in [-0.3, -0.25) is 14.6 Å². The van der Waals surface area contributed by atoms with Crippen molar-refractivity contribution in [3.8, 4) is 5.88 Å². The van der Waals surface area contributed by atoms with Crippen molar-refractivity contribution >= 4 is 11.9 Å². The summed E-state index contributed by atoms with van der Waals surface area (Å²) >= 11 is 0. The fourth-order valence-corrected chi connectivity index (χ4v) is 1.21. The van der Waals surface area contributed by atoms with Gasteiger partial charge in [0.15, 0.2) is 12.0 Å². The predicted octanol–water partition coefficient (Wildman–Crippen LogP) is -1.35. The molecule has 5 N–H and O–H groups in total. The maximum absolute atomic E-state index is 11.5. The van der Waals surface area contributed by atoms with E-state index in [0.717, 1.165) is 12.1 Å². The zero-order chi connectivity index (χ0) is 13.7. The molecule has 1 aromatic heterocycles. The number of pyridine rings is 1. The molecule has 1 atom stereocenters. The number of aliphatic carboxylic acids is 1. The third-order valence-electron chi connectivity index (χ3n) is 2.08. The topological polar surface area (TPSA) is 140 Å². The molecule has 18 heavy (non-hydrogen) atoms. The Morgan fingerprint density at radius 2 is 2.06 bits per heavy atom. The van der Waals surface area contributed by atoms with E-state index in [9.17, 15) is 14.4 Å². The van der Waals surface area contributed by atoms with Crippen LogP contribution in [-0.4, -0.2) is 44.8 Å². The van der Waals surface area contributed by atoms with Crippen LogP contribution in [-0.2, 0) is 4.79 Å². The first kappa shape index (κ1) is 13.7. The van der Waals surface area contributed by atoms with E-state index < -0.39 is 29.4 Å². The summed E-state index contributed by atoms with van der Waals surface area (Å²) in [5, 5.41) is 28.7. The lowest BCUT2D eigenvalue weighted by Crippen LogP contribution is -2.30. The van der Waals surface area contributed by atoms with Crippen molar-refractivity contribution < 1.29 is 24.9 Å². The number of hydrogen-bond donors (Lipinski definition) is 5. The molecule has 1 heterocycles. The molecule has 1 amide bonds. The number of rotatable bonds is 5. The summed E-state index contributed by atoms with van der Waals surface area (Å²) in [6.07, 6.45) is -1.71. The van der Waals surface area contributed by atoms with Crippen molar-refractivity contribution in [3.05, 3.63) is 28.0 Å². The number of carbonyl (C=O) groups is 2. The summed E-state index contributed by atoms with van der Waals surface area (Å²) < 4.78 is 0. The largest absolute Gasteiger partial charge is 0.494 e. The Kier molecular flexibility index (Phi) is 4.44. The second-order valence-corrected chi connectivity index (χ2v) is 3.52. The Morgan fingerprint density at radius 3 is 2.61 bits per heavy atom. The van der Waals surface area contributed by atoms with Crippen molar-refractivity contribution in [1.82, 2.24) is 10.3 Å². The summed E-state index contributed by atoms with van der Waals surface area (Å²) in [5.41, 5.74) is -0.688. The number of aliphatic hydroxyl groups is 1. The molecule has 0 saturated heterocycles. The predicted molar refractivity (Wildman–Crippen MR) is 59.3 cm³/mol. The lowest BCUT2D eigenvalue weighted by atomic mass is 10.2. The SMILES string of the molecule is O=C(NCCC(O)C(=O)O)c1cc(O)[nH]c(=O)c1. The molecule has 0 bridgehead atoms. The third kappa shape index (κ3) is 3.91. The van der Waals surface area contributed by atoms with Crippen LogP contribution in [0.25, 0.3) is 0 Å². The molecular formula is C10H12N2O6. The minimum Gasteiger partial charge on any atom is -0.494 e. The number of H-pyrrole nitrogens is 1. The highest BCUT2D eigenvalue weighted by atomic mass is 16.4. The number of carboxylic acids is 1. The average molecular weight is 256 g/mol. The van der Waals surface area contributed by atoms with E-state index in [1.165, 1.54) is 0 Å². The molecule has 0 radical (unpaired) electrons. The lowest BCUT2D eigenvalue weighted by molar-refractivity contribution is -0.146. The van der Waals surface area contributed by atoms with Crippen LogP contribution in [0.4, 0.5) is 0 Å². The highest BCUT2D eigenvalue weighted by Crippen LogP contribution is 2.03. The number of amides is 1. The number of hydrogen-bond acceptors (Lipinski definition) is 5. The van der Waals surface area contributed by atoms with Gasteiger partial charge < -0.3 is 20.6 Å². The average Bonchev–Trinajstić information content (AvgIpc) is 2.27. The molecule has 8 nitrogen and oxygen atoms in total. The van der Waals surface area contributed by atoms with Crippen LogP contribution in [0.3, 0.4) is 0 Å². The second-order valence-electron chi connectivity index (χ2n) is 3.52. The smallest absolute Gasteiger partial charge is 0.332 e. The third-order valence-corrected chi connectivity index (χ3v) is 2.08. The molecule has 1 aromatic rings. The maximum atomic E-state index is 11.5. The Bertz CT molecular complexity index is 509. The Morgan fingerprint density at radius 1 is 1.39 bits per heavy atom. The number of aromatic amines is 1. The van der Waals surface area contributed by atoms with Crippen LogP contribution in [0.2, 0.25) is 0 Å². The normalized spacial score (nSPS) is 11.8. The first-order valence-corrected chi connectivity index (χ1v) is 5.02. The molecule has 1 rings (SSSR count). The molecule has 0 aromatic carbocycles. The molecular weight excluding hydrogens is 244 g/mol. The molecule has 0 aliphatic heterocycles. The van der Waals surface area contributed by atoms with E-state index in [0.29, 0.717) is 0 Å². The van der Waals surface area contributed by atoms with E-state index in [4.69, 9.17) is 15.3 Å². The number of nitrogens with one attached hydrogen (secondary N) is 2. The molecule has 0 aliphatic rings. The van der Waals surface area contributed by atoms with Gasteiger partial charge in [0.2, 0.25) is 0 Å². The van der Waals surface area contributed by atoms with E-state index in [2.05, 4.69) is 10.3 Å². The standard InChI is InChI=1S/C10H12N2O6/c13-6(10(17)18)1-2-11-9(16)5-3-7(14)12-8(15)4-5/h3-4,6,13H,1-2H2,(H,11,16)(H,17,18)(H2,12,14,15). The van der Waals surface area contributed by atoms with E-state index in [-0.39, 0.29) is 18.5 Å². The van der Waals surface area contributed by atoms with Gasteiger partial charge in [-0.25, -0.2) is 4.79 Å². The fourth-order valence-electron chi connectivity index (χ4n) is 1.21. The Hall–Kier alpha value is -2.35. The van der Waals surface area contributed by atoms with Gasteiger partial charge in [0, 0.05) is 25.1 Å². The molecule has 0 aliphatic carbocycles. The van der Waals surface area contributed by atoms with E-state index in [1.807, 2.05) is 0 Å². The summed E-state index contributed by atoms with van der Waals surface area (Å²) in [5.74, 6) is -2.47. The molecule has 0 spiro atoms. The minimum absolute atomic E-state index is 0.0546. The van der Waals surface area contributed by atoms with Gasteiger partial charge in [0.1, 0.15) is 0 Å². The van der Waals surface area contributed by atoms with Crippen LogP contribution >= 0.6 is 0 Å². The van der Waals surface area contributed by atoms with Gasteiger partial charge in [-0.05, 0) is 0 Å². The van der Waals surface area contributed by atoms with Crippen LogP contribution in [0.15, 0.2) is 16.9 Å². The van der Waals surface area contributed by atoms with Crippen molar-refractivity contribution in [2.24, 2.45) is 0 Å². The summed E-state index contributed by atoms with van der Waals surface area (Å²) in [7, 11) is 0. The first-order chi connectivity index (χ1) is 8.40. The summed E-state index contributed by atoms with van der Waals surface area (Å²) in [6.45, 7) is -0.0696. The highest BCUT2D eigenvalue weighted by Gasteiger charge is 2.13. The van der Waals surface area contributed by atoms with Crippen LogP contribution in [0.1, 0.15) is 16.8 Å². The molecule has 0 fully saturated rings. The summed E-state index contributed by atoms with van der Waals surface area (Å²) in [6, 6.07) is 2.05. The fraction of sp³-hybridized carbons (Fsp3) is 0.300. The highest BCUT2D eigenvalue weighted by molar-refractivity contribution is 5.94. The number of carboxylic acid groups (broad SMARTS) is 1. The monoisotopic (exact) mass is 256 g/mol. The number of aliphatic hydroxyl groups excluding tert-OH is 1. The quantitative estimate of drug-likeness (QED) is 0.441. The van der Waals surface area contributed by atoms with E-state index >= 15 is 0 Å². The van der Waals surface area contributed by atoms with Crippen LogP contribution in [0, 0.1) is 0 Å². The number of aromatic nitrogens is 1. The van der Waals surface area contributed by atoms with Gasteiger partial charge in [-0.15, -0.1) is 0 Å². The molecule has 98 valence electrons. The van der Waals surface area contributed by atoms with Gasteiger partial charge in [-0.2, -0.15) is 0 Å². The Balaban J connectivity index is 2.55. The number of aromatic hydroxyl groups is 1. The summed E-state index contributed by atoms with van der Waals surface area (Å²) in [4.78, 5) is 34.8. The van der Waals surface area contributed by atoms with Crippen molar-refractivity contribution in [2.75, 3.05) is 6.54 Å². The molecule has 0 saturated carbocycles. The zero-order valence-electron chi connectivity index (χ0n) is 9.21. The number of carbonyl (C=O) groups excluding carboxylic acids is 1. The first-order valence-electron chi connectivity index (χ1n) is 5.02. The van der Waals surface area contributed by atoms with Gasteiger partial charge in [0.25, 0.3) is 11.5 Å². The zero-order valence-corrected chi connectivity index (χ0v) is 9.21. The maximum Gasteiger partial charge on any atom is 0.332 e. The van der Waals surface area contributed by atoms with Crippen LogP contribution in [0.5, 0.6) is 5.88 Å². The van der Waals surface area contributed by atoms with Gasteiger partial charge >= 0.3 is 5.97 Å². The second kappa shape index (κ2) is 5.82.